The zero-order valence-corrected chi connectivity index (χ0v) is 13.7. The van der Waals surface area contributed by atoms with Crippen molar-refractivity contribution >= 4 is 21.6 Å². The maximum absolute atomic E-state index is 12.4. The summed E-state index contributed by atoms with van der Waals surface area (Å²) < 4.78 is 37.5. The van der Waals surface area contributed by atoms with Crippen molar-refractivity contribution in [3.63, 3.8) is 0 Å². The summed E-state index contributed by atoms with van der Waals surface area (Å²) in [5, 5.41) is 0.322. The summed E-state index contributed by atoms with van der Waals surface area (Å²) in [5.74, 6) is 0.902. The number of halogens is 1. The standard InChI is InChI=1S/C15H16ClNO4S/c1-20-13-5-3-4-11(8-13)10-17-22(18,19)15-9-12(16)6-7-14(15)21-2/h3-9,17H,10H2,1-2H3. The molecule has 7 heteroatoms. The lowest BCUT2D eigenvalue weighted by Crippen LogP contribution is -2.23. The van der Waals surface area contributed by atoms with E-state index in [1.807, 2.05) is 0 Å². The molecule has 0 atom stereocenters. The second kappa shape index (κ2) is 7.00. The van der Waals surface area contributed by atoms with Crippen molar-refractivity contribution < 1.29 is 17.9 Å². The number of methoxy groups -OCH3 is 2. The van der Waals surface area contributed by atoms with E-state index in [2.05, 4.69) is 4.72 Å². The molecule has 2 aromatic carbocycles. The van der Waals surface area contributed by atoms with Crippen LogP contribution in [0.5, 0.6) is 11.5 Å². The van der Waals surface area contributed by atoms with Crippen molar-refractivity contribution in [2.75, 3.05) is 14.2 Å². The van der Waals surface area contributed by atoms with Gasteiger partial charge in [-0.25, -0.2) is 13.1 Å². The number of nitrogens with one attached hydrogen (secondary N) is 1. The predicted octanol–water partition coefficient (Wildman–Crippen LogP) is 2.84. The second-order valence-electron chi connectivity index (χ2n) is 4.47. The topological polar surface area (TPSA) is 64.6 Å². The Morgan fingerprint density at radius 1 is 1.09 bits per heavy atom. The summed E-state index contributed by atoms with van der Waals surface area (Å²) in [5.41, 5.74) is 0.781. The summed E-state index contributed by atoms with van der Waals surface area (Å²) in [6, 6.07) is 11.6. The van der Waals surface area contributed by atoms with E-state index < -0.39 is 10.0 Å². The molecule has 0 amide bonds. The summed E-state index contributed by atoms with van der Waals surface area (Å²) in [7, 11) is -0.781. The molecule has 0 saturated carbocycles. The molecule has 0 fully saturated rings. The fraction of sp³-hybridized carbons (Fsp3) is 0.200. The van der Waals surface area contributed by atoms with E-state index in [4.69, 9.17) is 21.1 Å². The molecule has 0 aliphatic carbocycles. The zero-order chi connectivity index (χ0) is 16.2. The third kappa shape index (κ3) is 3.91. The average molecular weight is 342 g/mol. The van der Waals surface area contributed by atoms with Crippen LogP contribution in [-0.2, 0) is 16.6 Å². The molecule has 2 rings (SSSR count). The highest BCUT2D eigenvalue weighted by molar-refractivity contribution is 7.89. The minimum absolute atomic E-state index is 0.00500. The largest absolute Gasteiger partial charge is 0.497 e. The SMILES string of the molecule is COc1cccc(CNS(=O)(=O)c2cc(Cl)ccc2OC)c1. The van der Waals surface area contributed by atoms with Crippen LogP contribution in [0.1, 0.15) is 5.56 Å². The summed E-state index contributed by atoms with van der Waals surface area (Å²) >= 11 is 5.87. The quantitative estimate of drug-likeness (QED) is 0.877. The van der Waals surface area contributed by atoms with Gasteiger partial charge < -0.3 is 9.47 Å². The van der Waals surface area contributed by atoms with E-state index in [1.54, 1.807) is 37.4 Å². The Balaban J connectivity index is 2.22. The van der Waals surface area contributed by atoms with Crippen molar-refractivity contribution in [2.24, 2.45) is 0 Å². The van der Waals surface area contributed by atoms with Gasteiger partial charge in [0.15, 0.2) is 0 Å². The number of hydrogen-bond donors (Lipinski definition) is 1. The number of benzene rings is 2. The van der Waals surface area contributed by atoms with Crippen molar-refractivity contribution in [2.45, 2.75) is 11.4 Å². The minimum atomic E-state index is -3.74. The lowest BCUT2D eigenvalue weighted by molar-refractivity contribution is 0.402. The Hall–Kier alpha value is -1.76. The van der Waals surface area contributed by atoms with Gasteiger partial charge in [-0.3, -0.25) is 0 Å². The lowest BCUT2D eigenvalue weighted by atomic mass is 10.2. The Kier molecular flexibility index (Phi) is 5.28. The Morgan fingerprint density at radius 3 is 2.55 bits per heavy atom. The third-order valence-electron chi connectivity index (χ3n) is 3.02. The van der Waals surface area contributed by atoms with Gasteiger partial charge in [0.1, 0.15) is 16.4 Å². The van der Waals surface area contributed by atoms with Gasteiger partial charge in [0.05, 0.1) is 14.2 Å². The molecule has 1 N–H and O–H groups in total. The lowest BCUT2D eigenvalue weighted by Gasteiger charge is -2.11. The predicted molar refractivity (Wildman–Crippen MR) is 85.0 cm³/mol. The highest BCUT2D eigenvalue weighted by Gasteiger charge is 2.19. The van der Waals surface area contributed by atoms with Crippen LogP contribution in [0.3, 0.4) is 0 Å². The summed E-state index contributed by atoms with van der Waals surface area (Å²) in [6.45, 7) is 0.134. The Bertz CT molecular complexity index is 762. The van der Waals surface area contributed by atoms with E-state index in [1.165, 1.54) is 19.2 Å². The molecule has 0 heterocycles. The molecule has 0 aliphatic rings. The van der Waals surface area contributed by atoms with Crippen molar-refractivity contribution in [1.29, 1.82) is 0 Å². The minimum Gasteiger partial charge on any atom is -0.497 e. The number of ether oxygens (including phenoxy) is 2. The fourth-order valence-corrected chi connectivity index (χ4v) is 3.35. The molecule has 118 valence electrons. The number of rotatable bonds is 6. The van der Waals surface area contributed by atoms with Crippen LogP contribution in [0.15, 0.2) is 47.4 Å². The third-order valence-corrected chi connectivity index (χ3v) is 4.67. The maximum Gasteiger partial charge on any atom is 0.244 e. The van der Waals surface area contributed by atoms with Gasteiger partial charge in [0, 0.05) is 11.6 Å². The molecular weight excluding hydrogens is 326 g/mol. The van der Waals surface area contributed by atoms with Gasteiger partial charge in [-0.1, -0.05) is 23.7 Å². The molecular formula is C15H16ClNO4S. The highest BCUT2D eigenvalue weighted by Crippen LogP contribution is 2.27. The van der Waals surface area contributed by atoms with Crippen molar-refractivity contribution in [3.8, 4) is 11.5 Å². The van der Waals surface area contributed by atoms with Crippen LogP contribution in [-0.4, -0.2) is 22.6 Å². The van der Waals surface area contributed by atoms with Crippen LogP contribution >= 0.6 is 11.6 Å². The van der Waals surface area contributed by atoms with Crippen LogP contribution in [0.4, 0.5) is 0 Å². The fourth-order valence-electron chi connectivity index (χ4n) is 1.90. The van der Waals surface area contributed by atoms with Crippen LogP contribution in [0.2, 0.25) is 5.02 Å². The Morgan fingerprint density at radius 2 is 1.86 bits per heavy atom. The number of sulfonamides is 1. The molecule has 0 unspecified atom stereocenters. The molecule has 0 aromatic heterocycles. The van der Waals surface area contributed by atoms with Gasteiger partial charge in [-0.15, -0.1) is 0 Å². The van der Waals surface area contributed by atoms with Crippen molar-refractivity contribution in [3.05, 3.63) is 53.1 Å². The molecule has 0 aliphatic heterocycles. The van der Waals surface area contributed by atoms with E-state index in [9.17, 15) is 8.42 Å². The molecule has 2 aromatic rings. The van der Waals surface area contributed by atoms with Crippen LogP contribution in [0.25, 0.3) is 0 Å². The van der Waals surface area contributed by atoms with E-state index in [0.717, 1.165) is 5.56 Å². The second-order valence-corrected chi connectivity index (χ2v) is 6.64. The molecule has 0 saturated heterocycles. The van der Waals surface area contributed by atoms with Gasteiger partial charge in [-0.2, -0.15) is 0 Å². The first-order valence-corrected chi connectivity index (χ1v) is 8.28. The Labute approximate surface area is 134 Å². The average Bonchev–Trinajstić information content (AvgIpc) is 2.53. The normalized spacial score (nSPS) is 11.2. The zero-order valence-electron chi connectivity index (χ0n) is 12.2. The van der Waals surface area contributed by atoms with Gasteiger partial charge >= 0.3 is 0 Å². The first-order valence-electron chi connectivity index (χ1n) is 6.42. The molecule has 0 bridgehead atoms. The molecule has 0 radical (unpaired) electrons. The van der Waals surface area contributed by atoms with Gasteiger partial charge in [-0.05, 0) is 35.9 Å². The van der Waals surface area contributed by atoms with Gasteiger partial charge in [0.2, 0.25) is 10.0 Å². The molecule has 5 nitrogen and oxygen atoms in total. The summed E-state index contributed by atoms with van der Waals surface area (Å²) in [4.78, 5) is 0.00500. The summed E-state index contributed by atoms with van der Waals surface area (Å²) in [6.07, 6.45) is 0. The molecule has 0 spiro atoms. The first kappa shape index (κ1) is 16.6. The highest BCUT2D eigenvalue weighted by atomic mass is 35.5. The van der Waals surface area contributed by atoms with Crippen molar-refractivity contribution in [1.82, 2.24) is 4.72 Å². The van der Waals surface area contributed by atoms with Gasteiger partial charge in [0.25, 0.3) is 0 Å². The smallest absolute Gasteiger partial charge is 0.244 e. The van der Waals surface area contributed by atoms with Crippen LogP contribution < -0.4 is 14.2 Å². The number of hydrogen-bond acceptors (Lipinski definition) is 4. The van der Waals surface area contributed by atoms with Crippen LogP contribution in [0, 0.1) is 0 Å². The van der Waals surface area contributed by atoms with E-state index >= 15 is 0 Å². The van der Waals surface area contributed by atoms with E-state index in [0.29, 0.717) is 10.8 Å². The monoisotopic (exact) mass is 341 g/mol. The molecule has 22 heavy (non-hydrogen) atoms. The van der Waals surface area contributed by atoms with E-state index in [-0.39, 0.29) is 17.2 Å². The maximum atomic E-state index is 12.4. The first-order chi connectivity index (χ1) is 10.5.